The van der Waals surface area contributed by atoms with Gasteiger partial charge in [-0.1, -0.05) is 27.7 Å². The standard InChI is InChI=1S/C10H21N.C2H6/c1-3-7-11(8-4-2)9-10-5-6-10;1-2/h10H,3-9H2,1-2H3;1-2H3. The third-order valence-corrected chi connectivity index (χ3v) is 2.29. The molecular weight excluding hydrogens is 158 g/mol. The normalized spacial score (nSPS) is 15.5. The van der Waals surface area contributed by atoms with Gasteiger partial charge in [0.1, 0.15) is 0 Å². The van der Waals surface area contributed by atoms with Crippen LogP contribution in [0.3, 0.4) is 0 Å². The highest BCUT2D eigenvalue weighted by Crippen LogP contribution is 2.29. The zero-order valence-corrected chi connectivity index (χ0v) is 9.97. The Kier molecular flexibility index (Phi) is 8.53. The van der Waals surface area contributed by atoms with E-state index in [0.717, 1.165) is 5.92 Å². The fraction of sp³-hybridized carbons (Fsp3) is 1.00. The number of hydrogen-bond acceptors (Lipinski definition) is 1. The van der Waals surface area contributed by atoms with Gasteiger partial charge in [0.15, 0.2) is 0 Å². The molecule has 13 heavy (non-hydrogen) atoms. The molecule has 0 aromatic heterocycles. The molecule has 0 heterocycles. The van der Waals surface area contributed by atoms with Crippen molar-refractivity contribution in [2.75, 3.05) is 19.6 Å². The monoisotopic (exact) mass is 185 g/mol. The van der Waals surface area contributed by atoms with Gasteiger partial charge in [-0.2, -0.15) is 0 Å². The molecule has 0 N–H and O–H groups in total. The first-order chi connectivity index (χ1) is 6.36. The van der Waals surface area contributed by atoms with E-state index < -0.39 is 0 Å². The summed E-state index contributed by atoms with van der Waals surface area (Å²) in [6.45, 7) is 12.5. The van der Waals surface area contributed by atoms with Crippen molar-refractivity contribution in [1.29, 1.82) is 0 Å². The van der Waals surface area contributed by atoms with Crippen molar-refractivity contribution < 1.29 is 0 Å². The molecule has 0 bridgehead atoms. The Bertz CT molecular complexity index is 91.3. The Labute approximate surface area is 84.5 Å². The van der Waals surface area contributed by atoms with E-state index in [-0.39, 0.29) is 0 Å². The van der Waals surface area contributed by atoms with Gasteiger partial charge in [0.2, 0.25) is 0 Å². The van der Waals surface area contributed by atoms with Crippen LogP contribution in [0.15, 0.2) is 0 Å². The first-order valence-corrected chi connectivity index (χ1v) is 6.09. The minimum Gasteiger partial charge on any atom is -0.303 e. The lowest BCUT2D eigenvalue weighted by Gasteiger charge is -2.20. The molecule has 0 saturated heterocycles. The predicted octanol–water partition coefficient (Wildman–Crippen LogP) is 3.54. The van der Waals surface area contributed by atoms with Crippen LogP contribution in [-0.2, 0) is 0 Å². The van der Waals surface area contributed by atoms with Gasteiger partial charge in [-0.3, -0.25) is 0 Å². The molecular formula is C12H27N. The van der Waals surface area contributed by atoms with Crippen molar-refractivity contribution in [3.8, 4) is 0 Å². The maximum absolute atomic E-state index is 2.62. The number of nitrogens with zero attached hydrogens (tertiary/aromatic N) is 1. The van der Waals surface area contributed by atoms with Crippen molar-refractivity contribution in [2.45, 2.75) is 53.4 Å². The molecule has 0 radical (unpaired) electrons. The SMILES string of the molecule is CC.CCCN(CCC)CC1CC1. The van der Waals surface area contributed by atoms with E-state index in [1.165, 1.54) is 45.3 Å². The Hall–Kier alpha value is -0.0400. The van der Waals surface area contributed by atoms with E-state index >= 15 is 0 Å². The Balaban J connectivity index is 0.000000671. The summed E-state index contributed by atoms with van der Waals surface area (Å²) >= 11 is 0. The van der Waals surface area contributed by atoms with E-state index in [9.17, 15) is 0 Å². The molecule has 1 fully saturated rings. The highest BCUT2D eigenvalue weighted by atomic mass is 15.1. The molecule has 1 heteroatoms. The Morgan fingerprint density at radius 2 is 1.46 bits per heavy atom. The van der Waals surface area contributed by atoms with Crippen molar-refractivity contribution in [3.05, 3.63) is 0 Å². The molecule has 1 aliphatic rings. The number of hydrogen-bond donors (Lipinski definition) is 0. The predicted molar refractivity (Wildman–Crippen MR) is 61.1 cm³/mol. The van der Waals surface area contributed by atoms with Gasteiger partial charge in [-0.15, -0.1) is 0 Å². The summed E-state index contributed by atoms with van der Waals surface area (Å²) in [6.07, 6.45) is 5.60. The summed E-state index contributed by atoms with van der Waals surface area (Å²) in [6, 6.07) is 0. The zero-order chi connectivity index (χ0) is 10.1. The van der Waals surface area contributed by atoms with Crippen molar-refractivity contribution in [2.24, 2.45) is 5.92 Å². The Morgan fingerprint density at radius 1 is 1.00 bits per heavy atom. The average molecular weight is 185 g/mol. The fourth-order valence-corrected chi connectivity index (χ4v) is 1.59. The van der Waals surface area contributed by atoms with E-state index in [1.807, 2.05) is 13.8 Å². The number of rotatable bonds is 6. The van der Waals surface area contributed by atoms with E-state index in [0.29, 0.717) is 0 Å². The zero-order valence-electron chi connectivity index (χ0n) is 9.97. The fourth-order valence-electron chi connectivity index (χ4n) is 1.59. The molecule has 0 aromatic rings. The summed E-state index contributed by atoms with van der Waals surface area (Å²) < 4.78 is 0. The molecule has 1 rings (SSSR count). The van der Waals surface area contributed by atoms with E-state index in [2.05, 4.69) is 18.7 Å². The van der Waals surface area contributed by atoms with Gasteiger partial charge in [0.25, 0.3) is 0 Å². The van der Waals surface area contributed by atoms with Crippen molar-refractivity contribution in [3.63, 3.8) is 0 Å². The summed E-state index contributed by atoms with van der Waals surface area (Å²) in [5, 5.41) is 0. The second kappa shape index (κ2) is 8.55. The van der Waals surface area contributed by atoms with Crippen LogP contribution in [0, 0.1) is 5.92 Å². The van der Waals surface area contributed by atoms with Gasteiger partial charge in [-0.05, 0) is 44.7 Å². The molecule has 0 unspecified atom stereocenters. The first-order valence-electron chi connectivity index (χ1n) is 6.09. The van der Waals surface area contributed by atoms with Crippen LogP contribution in [0.2, 0.25) is 0 Å². The van der Waals surface area contributed by atoms with Crippen LogP contribution >= 0.6 is 0 Å². The largest absolute Gasteiger partial charge is 0.303 e. The second-order valence-corrected chi connectivity index (χ2v) is 3.74. The minimum atomic E-state index is 1.06. The molecule has 0 aliphatic heterocycles. The van der Waals surface area contributed by atoms with Gasteiger partial charge in [0, 0.05) is 6.54 Å². The maximum Gasteiger partial charge on any atom is 0.000965 e. The third kappa shape index (κ3) is 7.06. The molecule has 1 aliphatic carbocycles. The smallest absolute Gasteiger partial charge is 0.000965 e. The molecule has 80 valence electrons. The van der Waals surface area contributed by atoms with E-state index in [4.69, 9.17) is 0 Å². The average Bonchev–Trinajstić information content (AvgIpc) is 2.93. The molecule has 0 atom stereocenters. The first kappa shape index (κ1) is 13.0. The molecule has 0 aromatic carbocycles. The Morgan fingerprint density at radius 3 is 1.77 bits per heavy atom. The second-order valence-electron chi connectivity index (χ2n) is 3.74. The van der Waals surface area contributed by atoms with Crippen LogP contribution in [0.4, 0.5) is 0 Å². The summed E-state index contributed by atoms with van der Waals surface area (Å²) in [5.41, 5.74) is 0. The van der Waals surface area contributed by atoms with Crippen LogP contribution in [-0.4, -0.2) is 24.5 Å². The van der Waals surface area contributed by atoms with Crippen LogP contribution in [0.5, 0.6) is 0 Å². The summed E-state index contributed by atoms with van der Waals surface area (Å²) in [7, 11) is 0. The summed E-state index contributed by atoms with van der Waals surface area (Å²) in [5.74, 6) is 1.06. The molecule has 0 amide bonds. The van der Waals surface area contributed by atoms with Gasteiger partial charge < -0.3 is 4.90 Å². The van der Waals surface area contributed by atoms with Crippen molar-refractivity contribution >= 4 is 0 Å². The lowest BCUT2D eigenvalue weighted by molar-refractivity contribution is 0.264. The lowest BCUT2D eigenvalue weighted by Crippen LogP contribution is -2.27. The van der Waals surface area contributed by atoms with Gasteiger partial charge >= 0.3 is 0 Å². The van der Waals surface area contributed by atoms with Gasteiger partial charge in [-0.25, -0.2) is 0 Å². The highest BCUT2D eigenvalue weighted by molar-refractivity contribution is 4.76. The van der Waals surface area contributed by atoms with Crippen LogP contribution < -0.4 is 0 Å². The third-order valence-electron chi connectivity index (χ3n) is 2.29. The quantitative estimate of drug-likeness (QED) is 0.612. The van der Waals surface area contributed by atoms with Crippen LogP contribution in [0.25, 0.3) is 0 Å². The van der Waals surface area contributed by atoms with Crippen LogP contribution in [0.1, 0.15) is 53.4 Å². The minimum absolute atomic E-state index is 1.06. The highest BCUT2D eigenvalue weighted by Gasteiger charge is 2.23. The van der Waals surface area contributed by atoms with Crippen molar-refractivity contribution in [1.82, 2.24) is 4.90 Å². The molecule has 1 saturated carbocycles. The van der Waals surface area contributed by atoms with E-state index in [1.54, 1.807) is 0 Å². The van der Waals surface area contributed by atoms with Gasteiger partial charge in [0.05, 0.1) is 0 Å². The maximum atomic E-state index is 2.62. The molecule has 0 spiro atoms. The topological polar surface area (TPSA) is 3.24 Å². The molecule has 1 nitrogen and oxygen atoms in total. The summed E-state index contributed by atoms with van der Waals surface area (Å²) in [4.78, 5) is 2.62. The lowest BCUT2D eigenvalue weighted by atomic mass is 10.3.